The highest BCUT2D eigenvalue weighted by atomic mass is 35.5. The van der Waals surface area contributed by atoms with Crippen molar-refractivity contribution >= 4 is 23.2 Å². The summed E-state index contributed by atoms with van der Waals surface area (Å²) < 4.78 is 1.94. The lowest BCUT2D eigenvalue weighted by atomic mass is 10.00. The van der Waals surface area contributed by atoms with Gasteiger partial charge in [0.15, 0.2) is 0 Å². The number of benzene rings is 1. The van der Waals surface area contributed by atoms with Crippen LogP contribution >= 0.6 is 11.6 Å². The molecule has 23 heavy (non-hydrogen) atoms. The second-order valence-electron chi connectivity index (χ2n) is 5.25. The van der Waals surface area contributed by atoms with E-state index in [2.05, 4.69) is 10.3 Å². The Morgan fingerprint density at radius 1 is 1.17 bits per heavy atom. The van der Waals surface area contributed by atoms with Crippen LogP contribution in [0.15, 0.2) is 67.3 Å². The standard InChI is InChI=1S/C18H16ClN3O/c1-13(18(23)21-15-6-8-20-9-7-15)14-4-5-17(16(19)12-14)22-10-2-3-11-22/h2-13H,1H3,(H,20,21,23)/t13-/m1/s1. The van der Waals surface area contributed by atoms with Crippen LogP contribution in [0.2, 0.25) is 5.02 Å². The summed E-state index contributed by atoms with van der Waals surface area (Å²) in [6.07, 6.45) is 7.15. The molecule has 1 N–H and O–H groups in total. The largest absolute Gasteiger partial charge is 0.325 e. The van der Waals surface area contributed by atoms with Crippen molar-refractivity contribution < 1.29 is 4.79 Å². The molecule has 3 rings (SSSR count). The molecule has 1 atom stereocenters. The van der Waals surface area contributed by atoms with E-state index < -0.39 is 0 Å². The van der Waals surface area contributed by atoms with E-state index in [1.807, 2.05) is 54.2 Å². The fourth-order valence-electron chi connectivity index (χ4n) is 2.33. The van der Waals surface area contributed by atoms with Crippen LogP contribution in [-0.4, -0.2) is 15.5 Å². The van der Waals surface area contributed by atoms with Gasteiger partial charge >= 0.3 is 0 Å². The van der Waals surface area contributed by atoms with E-state index >= 15 is 0 Å². The quantitative estimate of drug-likeness (QED) is 0.778. The minimum atomic E-state index is -0.306. The van der Waals surface area contributed by atoms with Crippen molar-refractivity contribution in [3.63, 3.8) is 0 Å². The molecule has 0 aliphatic rings. The third kappa shape index (κ3) is 3.43. The fourth-order valence-corrected chi connectivity index (χ4v) is 2.62. The molecule has 0 aliphatic heterocycles. The number of nitrogens with zero attached hydrogens (tertiary/aromatic N) is 2. The van der Waals surface area contributed by atoms with Crippen molar-refractivity contribution in [2.75, 3.05) is 5.32 Å². The van der Waals surface area contributed by atoms with Gasteiger partial charge in [-0.2, -0.15) is 0 Å². The first kappa shape index (κ1) is 15.3. The number of hydrogen-bond donors (Lipinski definition) is 1. The SMILES string of the molecule is C[C@@H](C(=O)Nc1ccncc1)c1ccc(-n2cccc2)c(Cl)c1. The Bertz CT molecular complexity index is 800. The lowest BCUT2D eigenvalue weighted by molar-refractivity contribution is -0.117. The van der Waals surface area contributed by atoms with Crippen LogP contribution < -0.4 is 5.32 Å². The van der Waals surface area contributed by atoms with Gasteiger partial charge in [-0.25, -0.2) is 0 Å². The Balaban J connectivity index is 1.78. The predicted octanol–water partition coefficient (Wildman–Crippen LogP) is 4.27. The summed E-state index contributed by atoms with van der Waals surface area (Å²) in [6, 6.07) is 13.1. The molecule has 0 saturated carbocycles. The molecule has 1 aromatic carbocycles. The summed E-state index contributed by atoms with van der Waals surface area (Å²) >= 11 is 6.37. The Morgan fingerprint density at radius 2 is 1.87 bits per heavy atom. The molecule has 3 aromatic rings. The Labute approximate surface area is 139 Å². The first-order valence-electron chi connectivity index (χ1n) is 7.29. The van der Waals surface area contributed by atoms with E-state index in [9.17, 15) is 4.79 Å². The van der Waals surface area contributed by atoms with Gasteiger partial charge in [-0.1, -0.05) is 17.7 Å². The molecular weight excluding hydrogens is 310 g/mol. The smallest absolute Gasteiger partial charge is 0.231 e. The normalized spacial score (nSPS) is 11.9. The molecule has 0 unspecified atom stereocenters. The van der Waals surface area contributed by atoms with Crippen LogP contribution in [0.4, 0.5) is 5.69 Å². The highest BCUT2D eigenvalue weighted by Gasteiger charge is 2.17. The first-order valence-corrected chi connectivity index (χ1v) is 7.66. The van der Waals surface area contributed by atoms with Gasteiger partial charge in [0.1, 0.15) is 0 Å². The summed E-state index contributed by atoms with van der Waals surface area (Å²) in [7, 11) is 0. The van der Waals surface area contributed by atoms with Gasteiger partial charge in [0, 0.05) is 30.5 Å². The minimum absolute atomic E-state index is 0.0824. The lowest BCUT2D eigenvalue weighted by Gasteiger charge is -2.14. The molecule has 5 heteroatoms. The first-order chi connectivity index (χ1) is 11.1. The van der Waals surface area contributed by atoms with Gasteiger partial charge in [0.2, 0.25) is 5.91 Å². The Hall–Kier alpha value is -2.59. The minimum Gasteiger partial charge on any atom is -0.325 e. The number of rotatable bonds is 4. The second-order valence-corrected chi connectivity index (χ2v) is 5.66. The molecule has 116 valence electrons. The zero-order valence-electron chi connectivity index (χ0n) is 12.6. The number of hydrogen-bond acceptors (Lipinski definition) is 2. The average Bonchev–Trinajstić information content (AvgIpc) is 3.09. The Kier molecular flexibility index (Phi) is 4.44. The number of anilines is 1. The topological polar surface area (TPSA) is 46.9 Å². The summed E-state index contributed by atoms with van der Waals surface area (Å²) in [5, 5.41) is 3.49. The van der Waals surface area contributed by atoms with Crippen molar-refractivity contribution in [1.29, 1.82) is 0 Å². The monoisotopic (exact) mass is 325 g/mol. The van der Waals surface area contributed by atoms with Gasteiger partial charge in [-0.05, 0) is 48.9 Å². The van der Waals surface area contributed by atoms with Crippen LogP contribution in [0.5, 0.6) is 0 Å². The maximum atomic E-state index is 12.4. The maximum Gasteiger partial charge on any atom is 0.231 e. The molecular formula is C18H16ClN3O. The van der Waals surface area contributed by atoms with Gasteiger partial charge in [0.25, 0.3) is 0 Å². The van der Waals surface area contributed by atoms with E-state index in [1.165, 1.54) is 0 Å². The molecule has 4 nitrogen and oxygen atoms in total. The number of amides is 1. The van der Waals surface area contributed by atoms with Crippen LogP contribution in [0.1, 0.15) is 18.4 Å². The number of pyridine rings is 1. The number of halogens is 1. The summed E-state index contributed by atoms with van der Waals surface area (Å²) in [6.45, 7) is 1.86. The van der Waals surface area contributed by atoms with E-state index in [0.717, 1.165) is 16.9 Å². The van der Waals surface area contributed by atoms with E-state index in [4.69, 9.17) is 11.6 Å². The van der Waals surface area contributed by atoms with Crippen LogP contribution in [0.3, 0.4) is 0 Å². The van der Waals surface area contributed by atoms with Gasteiger partial charge < -0.3 is 9.88 Å². The molecule has 0 fully saturated rings. The molecule has 0 aliphatic carbocycles. The molecule has 1 amide bonds. The Morgan fingerprint density at radius 3 is 2.52 bits per heavy atom. The predicted molar refractivity (Wildman–Crippen MR) is 92.1 cm³/mol. The van der Waals surface area contributed by atoms with Gasteiger partial charge in [-0.15, -0.1) is 0 Å². The van der Waals surface area contributed by atoms with E-state index in [0.29, 0.717) is 5.02 Å². The number of aromatic nitrogens is 2. The molecule has 0 radical (unpaired) electrons. The second kappa shape index (κ2) is 6.67. The van der Waals surface area contributed by atoms with Crippen LogP contribution in [0, 0.1) is 0 Å². The van der Waals surface area contributed by atoms with E-state index in [1.54, 1.807) is 24.5 Å². The average molecular weight is 326 g/mol. The highest BCUT2D eigenvalue weighted by molar-refractivity contribution is 6.32. The zero-order valence-corrected chi connectivity index (χ0v) is 13.4. The van der Waals surface area contributed by atoms with Crippen molar-refractivity contribution in [1.82, 2.24) is 9.55 Å². The van der Waals surface area contributed by atoms with Crippen molar-refractivity contribution in [2.45, 2.75) is 12.8 Å². The summed E-state index contributed by atoms with van der Waals surface area (Å²) in [4.78, 5) is 16.3. The molecule has 2 heterocycles. The number of nitrogens with one attached hydrogen (secondary N) is 1. The summed E-state index contributed by atoms with van der Waals surface area (Å²) in [5.41, 5.74) is 2.49. The van der Waals surface area contributed by atoms with E-state index in [-0.39, 0.29) is 11.8 Å². The van der Waals surface area contributed by atoms with Crippen LogP contribution in [0.25, 0.3) is 5.69 Å². The van der Waals surface area contributed by atoms with Gasteiger partial charge in [-0.3, -0.25) is 9.78 Å². The molecule has 0 spiro atoms. The molecule has 2 aromatic heterocycles. The van der Waals surface area contributed by atoms with Crippen LogP contribution in [-0.2, 0) is 4.79 Å². The molecule has 0 saturated heterocycles. The highest BCUT2D eigenvalue weighted by Crippen LogP contribution is 2.26. The number of carbonyl (C=O) groups is 1. The summed E-state index contributed by atoms with van der Waals surface area (Å²) in [5.74, 6) is -0.389. The number of carbonyl (C=O) groups excluding carboxylic acids is 1. The zero-order chi connectivity index (χ0) is 16.2. The maximum absolute atomic E-state index is 12.4. The van der Waals surface area contributed by atoms with Gasteiger partial charge in [0.05, 0.1) is 16.6 Å². The van der Waals surface area contributed by atoms with Crippen molar-refractivity contribution in [3.8, 4) is 5.69 Å². The third-order valence-corrected chi connectivity index (χ3v) is 4.00. The van der Waals surface area contributed by atoms with Crippen molar-refractivity contribution in [2.24, 2.45) is 0 Å². The van der Waals surface area contributed by atoms with Crippen molar-refractivity contribution in [3.05, 3.63) is 77.8 Å². The third-order valence-electron chi connectivity index (χ3n) is 3.70. The fraction of sp³-hybridized carbons (Fsp3) is 0.111. The molecule has 0 bridgehead atoms. The lowest BCUT2D eigenvalue weighted by Crippen LogP contribution is -2.18.